The Labute approximate surface area is 116 Å². The molecular weight excluding hydrogens is 272 g/mol. The minimum atomic E-state index is -0.609. The van der Waals surface area contributed by atoms with E-state index in [-0.39, 0.29) is 26.8 Å². The second-order valence-electron chi connectivity index (χ2n) is 4.54. The van der Waals surface area contributed by atoms with E-state index in [0.717, 1.165) is 0 Å². The molecule has 2 heterocycles. The van der Waals surface area contributed by atoms with Crippen LogP contribution in [0.15, 0.2) is 0 Å². The first-order valence-electron chi connectivity index (χ1n) is 6.31. The molecule has 0 bridgehead atoms. The second kappa shape index (κ2) is 6.98. The third-order valence-corrected chi connectivity index (χ3v) is 2.94. The lowest BCUT2D eigenvalue weighted by atomic mass is 10.0. The summed E-state index contributed by atoms with van der Waals surface area (Å²) in [5, 5.41) is 0. The van der Waals surface area contributed by atoms with E-state index in [0.29, 0.717) is 0 Å². The van der Waals surface area contributed by atoms with Crippen LogP contribution in [-0.4, -0.2) is 63.2 Å². The highest BCUT2D eigenvalue weighted by molar-refractivity contribution is 5.66. The van der Waals surface area contributed by atoms with Crippen LogP contribution in [-0.2, 0) is 38.0 Å². The van der Waals surface area contributed by atoms with Gasteiger partial charge >= 0.3 is 11.9 Å². The van der Waals surface area contributed by atoms with Gasteiger partial charge in [0.2, 0.25) is 0 Å². The van der Waals surface area contributed by atoms with Crippen molar-refractivity contribution in [1.29, 1.82) is 0 Å². The Kier molecular flexibility index (Phi) is 5.30. The van der Waals surface area contributed by atoms with E-state index in [9.17, 15) is 9.59 Å². The molecule has 2 rings (SSSR count). The van der Waals surface area contributed by atoms with Crippen molar-refractivity contribution in [3.63, 3.8) is 0 Å². The smallest absolute Gasteiger partial charge is 0.303 e. The van der Waals surface area contributed by atoms with Crippen molar-refractivity contribution in [1.82, 2.24) is 0 Å². The highest BCUT2D eigenvalue weighted by Crippen LogP contribution is 2.23. The summed E-state index contributed by atoms with van der Waals surface area (Å²) in [6, 6.07) is 0. The number of hydrogen-bond donors (Lipinski definition) is 0. The fourth-order valence-corrected chi connectivity index (χ4v) is 2.23. The van der Waals surface area contributed by atoms with E-state index in [1.54, 1.807) is 0 Å². The zero-order valence-corrected chi connectivity index (χ0v) is 11.4. The molecule has 0 aromatic heterocycles. The summed E-state index contributed by atoms with van der Waals surface area (Å²) in [5.74, 6) is -0.879. The number of ether oxygens (including phenoxy) is 6. The van der Waals surface area contributed by atoms with E-state index in [4.69, 9.17) is 28.4 Å². The Morgan fingerprint density at radius 1 is 0.850 bits per heavy atom. The van der Waals surface area contributed by atoms with Crippen LogP contribution < -0.4 is 0 Å². The van der Waals surface area contributed by atoms with E-state index in [1.807, 2.05) is 0 Å². The average Bonchev–Trinajstić information content (AvgIpc) is 2.39. The van der Waals surface area contributed by atoms with Crippen LogP contribution in [0.3, 0.4) is 0 Å². The molecule has 2 fully saturated rings. The molecule has 2 aliphatic heterocycles. The van der Waals surface area contributed by atoms with Crippen LogP contribution in [0, 0.1) is 0 Å². The number of hydrogen-bond acceptors (Lipinski definition) is 8. The van der Waals surface area contributed by atoms with Crippen LogP contribution in [0.4, 0.5) is 0 Å². The van der Waals surface area contributed by atoms with Gasteiger partial charge in [0.05, 0.1) is 13.2 Å². The minimum Gasteiger partial charge on any atom is -0.457 e. The molecule has 2 saturated heterocycles. The van der Waals surface area contributed by atoms with E-state index in [1.165, 1.54) is 13.8 Å². The quantitative estimate of drug-likeness (QED) is 0.648. The predicted octanol–water partition coefficient (Wildman–Crippen LogP) is -0.404. The van der Waals surface area contributed by atoms with Crippen molar-refractivity contribution in [3.05, 3.63) is 0 Å². The summed E-state index contributed by atoms with van der Waals surface area (Å²) in [4.78, 5) is 22.2. The monoisotopic (exact) mass is 290 g/mol. The summed E-state index contributed by atoms with van der Waals surface area (Å²) in [5.41, 5.74) is 0. The minimum absolute atomic E-state index is 0.0654. The molecule has 8 nitrogen and oxygen atoms in total. The molecule has 0 aliphatic carbocycles. The normalized spacial score (nSPS) is 34.3. The zero-order valence-electron chi connectivity index (χ0n) is 11.4. The number of rotatable bonds is 3. The fraction of sp³-hybridized carbons (Fsp3) is 0.833. The van der Waals surface area contributed by atoms with Gasteiger partial charge in [-0.25, -0.2) is 0 Å². The highest BCUT2D eigenvalue weighted by Gasteiger charge is 2.43. The molecule has 0 spiro atoms. The van der Waals surface area contributed by atoms with Gasteiger partial charge in [-0.05, 0) is 0 Å². The molecule has 2 aliphatic rings. The van der Waals surface area contributed by atoms with Crippen molar-refractivity contribution in [2.24, 2.45) is 0 Å². The molecular formula is C12H18O8. The van der Waals surface area contributed by atoms with Gasteiger partial charge in [0.15, 0.2) is 12.2 Å². The first-order valence-corrected chi connectivity index (χ1v) is 6.31. The Bertz CT molecular complexity index is 323. The van der Waals surface area contributed by atoms with Crippen molar-refractivity contribution >= 4 is 11.9 Å². The Morgan fingerprint density at radius 2 is 1.25 bits per heavy atom. The Hall–Kier alpha value is -1.22. The van der Waals surface area contributed by atoms with Gasteiger partial charge < -0.3 is 28.4 Å². The fourth-order valence-electron chi connectivity index (χ4n) is 2.23. The molecule has 20 heavy (non-hydrogen) atoms. The maximum Gasteiger partial charge on any atom is 0.303 e. The third-order valence-electron chi connectivity index (χ3n) is 2.94. The summed E-state index contributed by atoms with van der Waals surface area (Å²) in [6.07, 6.45) is -2.35. The lowest BCUT2D eigenvalue weighted by Crippen LogP contribution is -2.57. The van der Waals surface area contributed by atoms with Crippen LogP contribution in [0.2, 0.25) is 0 Å². The second-order valence-corrected chi connectivity index (χ2v) is 4.54. The van der Waals surface area contributed by atoms with Gasteiger partial charge in [-0.15, -0.1) is 0 Å². The maximum atomic E-state index is 11.1. The van der Waals surface area contributed by atoms with E-state index < -0.39 is 36.4 Å². The van der Waals surface area contributed by atoms with Crippen LogP contribution in [0.5, 0.6) is 0 Å². The average molecular weight is 290 g/mol. The third kappa shape index (κ3) is 3.89. The van der Waals surface area contributed by atoms with E-state index in [2.05, 4.69) is 0 Å². The van der Waals surface area contributed by atoms with Gasteiger partial charge in [0.1, 0.15) is 25.8 Å². The molecule has 8 heteroatoms. The molecule has 0 aromatic rings. The predicted molar refractivity (Wildman–Crippen MR) is 62.5 cm³/mol. The van der Waals surface area contributed by atoms with Gasteiger partial charge in [-0.3, -0.25) is 9.59 Å². The first kappa shape index (κ1) is 15.2. The molecule has 0 N–H and O–H groups in total. The van der Waals surface area contributed by atoms with Gasteiger partial charge in [-0.1, -0.05) is 0 Å². The molecule has 0 saturated carbocycles. The number of carbonyl (C=O) groups excluding carboxylic acids is 2. The lowest BCUT2D eigenvalue weighted by Gasteiger charge is -2.40. The summed E-state index contributed by atoms with van der Waals surface area (Å²) in [7, 11) is 0. The van der Waals surface area contributed by atoms with E-state index >= 15 is 0 Å². The van der Waals surface area contributed by atoms with Crippen LogP contribution in [0.1, 0.15) is 13.8 Å². The highest BCUT2D eigenvalue weighted by atomic mass is 16.7. The summed E-state index contributed by atoms with van der Waals surface area (Å²) >= 11 is 0. The van der Waals surface area contributed by atoms with Gasteiger partial charge in [0, 0.05) is 13.8 Å². The number of carbonyl (C=O) groups is 2. The molecule has 0 radical (unpaired) electrons. The van der Waals surface area contributed by atoms with Gasteiger partial charge in [-0.2, -0.15) is 0 Å². The maximum absolute atomic E-state index is 11.1. The molecule has 0 amide bonds. The number of esters is 2. The Morgan fingerprint density at radius 3 is 1.60 bits per heavy atom. The standard InChI is InChI=1S/C12H18O8/c1-7(13)19-9-3-15-5-17-11(9)12-10(20-8(2)14)4-16-6-18-12/h9-12H,3-6H2,1-2H3/t9-,10-,11-,12-/m1/s1. The van der Waals surface area contributed by atoms with Crippen molar-refractivity contribution in [2.75, 3.05) is 26.8 Å². The van der Waals surface area contributed by atoms with Crippen molar-refractivity contribution in [3.8, 4) is 0 Å². The SMILES string of the molecule is CC(=O)O[C@@H]1COCO[C@H]1[C@@H]1OCOC[C@H]1OC(C)=O. The topological polar surface area (TPSA) is 89.5 Å². The lowest BCUT2D eigenvalue weighted by molar-refractivity contribution is -0.282. The molecule has 4 atom stereocenters. The molecule has 0 aromatic carbocycles. The van der Waals surface area contributed by atoms with Gasteiger partial charge in [0.25, 0.3) is 0 Å². The van der Waals surface area contributed by atoms with Crippen molar-refractivity contribution < 1.29 is 38.0 Å². The molecule has 0 unspecified atom stereocenters. The van der Waals surface area contributed by atoms with Crippen LogP contribution >= 0.6 is 0 Å². The largest absolute Gasteiger partial charge is 0.457 e. The summed E-state index contributed by atoms with van der Waals surface area (Å²) < 4.78 is 31.5. The first-order chi connectivity index (χ1) is 9.58. The van der Waals surface area contributed by atoms with Crippen LogP contribution in [0.25, 0.3) is 0 Å². The summed E-state index contributed by atoms with van der Waals surface area (Å²) in [6.45, 7) is 3.15. The zero-order chi connectivity index (χ0) is 14.5. The Balaban J connectivity index is 2.07. The molecule has 114 valence electrons. The van der Waals surface area contributed by atoms with Crippen molar-refractivity contribution in [2.45, 2.75) is 38.3 Å².